The summed E-state index contributed by atoms with van der Waals surface area (Å²) in [4.78, 5) is 0. The largest absolute Gasteiger partial charge is 0.485 e. The van der Waals surface area contributed by atoms with E-state index < -0.39 is 6.10 Å². The summed E-state index contributed by atoms with van der Waals surface area (Å²) in [7, 11) is 0. The van der Waals surface area contributed by atoms with Gasteiger partial charge in [0.1, 0.15) is 11.9 Å². The van der Waals surface area contributed by atoms with E-state index >= 15 is 0 Å². The molecule has 3 aromatic rings. The molecule has 6 nitrogen and oxygen atoms in total. The van der Waals surface area contributed by atoms with Gasteiger partial charge in [0.2, 0.25) is 6.10 Å². The molecule has 1 aliphatic rings. The number of nitriles is 1. The minimum absolute atomic E-state index is 0.301. The number of para-hydroxylation sites is 2. The van der Waals surface area contributed by atoms with Crippen LogP contribution in [0.4, 0.5) is 0 Å². The van der Waals surface area contributed by atoms with Gasteiger partial charge in [-0.2, -0.15) is 5.26 Å². The lowest BCUT2D eigenvalue weighted by Crippen LogP contribution is -2.21. The summed E-state index contributed by atoms with van der Waals surface area (Å²) in [5, 5.41) is 17.5. The second-order valence-corrected chi connectivity index (χ2v) is 6.85. The number of nitrogens with zero attached hydrogens (tertiary/aromatic N) is 3. The lowest BCUT2D eigenvalue weighted by atomic mass is 10.1. The molecule has 0 saturated heterocycles. The topological polar surface area (TPSA) is 81.2 Å². The van der Waals surface area contributed by atoms with Crippen molar-refractivity contribution in [3.8, 4) is 17.6 Å². The molecule has 0 fully saturated rings. The number of aromatic nitrogens is 2. The molecule has 0 amide bonds. The van der Waals surface area contributed by atoms with Crippen LogP contribution in [-0.4, -0.2) is 22.1 Å². The van der Waals surface area contributed by atoms with Crippen LogP contribution in [0.5, 0.6) is 11.5 Å². The van der Waals surface area contributed by atoms with Gasteiger partial charge < -0.3 is 13.9 Å². The average Bonchev–Trinajstić information content (AvgIpc) is 3.16. The number of rotatable bonds is 5. The molecule has 7 heteroatoms. The highest BCUT2D eigenvalue weighted by Gasteiger charge is 2.28. The van der Waals surface area contributed by atoms with Crippen molar-refractivity contribution in [3.05, 3.63) is 66.1 Å². The molecular weight excluding hydrogens is 350 g/mol. The van der Waals surface area contributed by atoms with Gasteiger partial charge in [-0.1, -0.05) is 42.5 Å². The van der Waals surface area contributed by atoms with Crippen molar-refractivity contribution in [3.63, 3.8) is 0 Å². The maximum atomic E-state index is 9.41. The third-order valence-electron chi connectivity index (χ3n) is 3.86. The Morgan fingerprint density at radius 1 is 1.08 bits per heavy atom. The van der Waals surface area contributed by atoms with E-state index in [0.717, 1.165) is 5.56 Å². The average molecular weight is 365 g/mol. The standard InChI is InChI=1S/C19H15N3O3S/c20-11-14(10-13-6-2-1-3-7-13)26-19-22-21-18(25-19)17-12-23-15-8-4-5-9-16(15)24-17/h1-9,14,17H,10,12H2/t14-,17+/m0/s1. The van der Waals surface area contributed by atoms with Gasteiger partial charge in [-0.3, -0.25) is 0 Å². The number of ether oxygens (including phenoxy) is 2. The molecule has 130 valence electrons. The van der Waals surface area contributed by atoms with Gasteiger partial charge in [0.25, 0.3) is 11.1 Å². The Labute approximate surface area is 154 Å². The summed E-state index contributed by atoms with van der Waals surface area (Å²) in [6, 6.07) is 19.6. The monoisotopic (exact) mass is 365 g/mol. The summed E-state index contributed by atoms with van der Waals surface area (Å²) in [5.74, 6) is 1.69. The van der Waals surface area contributed by atoms with Crippen molar-refractivity contribution in [1.29, 1.82) is 5.26 Å². The minimum atomic E-state index is -0.457. The quantitative estimate of drug-likeness (QED) is 0.636. The molecule has 1 aliphatic heterocycles. The van der Waals surface area contributed by atoms with Crippen LogP contribution in [0.3, 0.4) is 0 Å². The predicted octanol–water partition coefficient (Wildman–Crippen LogP) is 3.81. The first kappa shape index (κ1) is 16.5. The zero-order chi connectivity index (χ0) is 17.8. The fourth-order valence-electron chi connectivity index (χ4n) is 2.60. The molecular formula is C19H15N3O3S. The van der Waals surface area contributed by atoms with E-state index in [0.29, 0.717) is 35.6 Å². The fraction of sp³-hybridized carbons (Fsp3) is 0.211. The van der Waals surface area contributed by atoms with Crippen LogP contribution in [0.15, 0.2) is 64.2 Å². The van der Waals surface area contributed by atoms with E-state index in [2.05, 4.69) is 16.3 Å². The highest BCUT2D eigenvalue weighted by atomic mass is 32.2. The van der Waals surface area contributed by atoms with Crippen LogP contribution < -0.4 is 9.47 Å². The summed E-state index contributed by atoms with van der Waals surface area (Å²) < 4.78 is 17.2. The Balaban J connectivity index is 1.42. The van der Waals surface area contributed by atoms with Gasteiger partial charge in [-0.05, 0) is 35.9 Å². The minimum Gasteiger partial charge on any atom is -0.485 e. The molecule has 0 unspecified atom stereocenters. The number of hydrogen-bond donors (Lipinski definition) is 0. The second-order valence-electron chi connectivity index (χ2n) is 5.70. The van der Waals surface area contributed by atoms with Gasteiger partial charge in [-0.15, -0.1) is 10.2 Å². The van der Waals surface area contributed by atoms with Crippen molar-refractivity contribution < 1.29 is 13.9 Å². The van der Waals surface area contributed by atoms with E-state index in [9.17, 15) is 5.26 Å². The van der Waals surface area contributed by atoms with Gasteiger partial charge >= 0.3 is 0 Å². The van der Waals surface area contributed by atoms with E-state index in [1.54, 1.807) is 0 Å². The zero-order valence-corrected chi connectivity index (χ0v) is 14.6. The lowest BCUT2D eigenvalue weighted by Gasteiger charge is -2.23. The number of thioether (sulfide) groups is 1. The van der Waals surface area contributed by atoms with Crippen molar-refractivity contribution in [1.82, 2.24) is 10.2 Å². The molecule has 0 aliphatic carbocycles. The first-order valence-corrected chi connectivity index (χ1v) is 9.02. The van der Waals surface area contributed by atoms with Crippen LogP contribution in [0, 0.1) is 11.3 Å². The first-order chi connectivity index (χ1) is 12.8. The van der Waals surface area contributed by atoms with E-state index in [-0.39, 0.29) is 5.25 Å². The van der Waals surface area contributed by atoms with Crippen LogP contribution >= 0.6 is 11.8 Å². The maximum Gasteiger partial charge on any atom is 0.278 e. The molecule has 0 saturated carbocycles. The summed E-state index contributed by atoms with van der Waals surface area (Å²) in [6.45, 7) is 0.301. The predicted molar refractivity (Wildman–Crippen MR) is 95.0 cm³/mol. The van der Waals surface area contributed by atoms with Crippen LogP contribution in [0.25, 0.3) is 0 Å². The van der Waals surface area contributed by atoms with Gasteiger partial charge in [-0.25, -0.2) is 0 Å². The zero-order valence-electron chi connectivity index (χ0n) is 13.7. The van der Waals surface area contributed by atoms with E-state index in [1.165, 1.54) is 11.8 Å². The Morgan fingerprint density at radius 2 is 1.85 bits per heavy atom. The molecule has 0 bridgehead atoms. The maximum absolute atomic E-state index is 9.41. The normalized spacial score (nSPS) is 16.7. The van der Waals surface area contributed by atoms with Gasteiger partial charge in [0.15, 0.2) is 11.5 Å². The first-order valence-electron chi connectivity index (χ1n) is 8.14. The van der Waals surface area contributed by atoms with Crippen LogP contribution in [0.2, 0.25) is 0 Å². The Bertz CT molecular complexity index is 923. The molecule has 0 radical (unpaired) electrons. The molecule has 1 aromatic heterocycles. The van der Waals surface area contributed by atoms with Gasteiger partial charge in [0, 0.05) is 0 Å². The summed E-state index contributed by atoms with van der Waals surface area (Å²) >= 11 is 1.26. The molecule has 0 N–H and O–H groups in total. The number of benzene rings is 2. The van der Waals surface area contributed by atoms with Crippen molar-refractivity contribution >= 4 is 11.8 Å². The third kappa shape index (κ3) is 3.65. The molecule has 2 heterocycles. The Hall–Kier alpha value is -2.98. The molecule has 4 rings (SSSR count). The third-order valence-corrected chi connectivity index (χ3v) is 4.78. The Kier molecular flexibility index (Phi) is 4.75. The molecule has 26 heavy (non-hydrogen) atoms. The van der Waals surface area contributed by atoms with E-state index in [1.807, 2.05) is 54.6 Å². The van der Waals surface area contributed by atoms with Crippen molar-refractivity contribution in [2.24, 2.45) is 0 Å². The second kappa shape index (κ2) is 7.50. The van der Waals surface area contributed by atoms with E-state index in [4.69, 9.17) is 13.9 Å². The number of hydrogen-bond acceptors (Lipinski definition) is 7. The SMILES string of the molecule is N#C[C@H](Cc1ccccc1)Sc1nnc([C@H]2COc3ccccc3O2)o1. The van der Waals surface area contributed by atoms with Crippen LogP contribution in [0.1, 0.15) is 17.6 Å². The highest BCUT2D eigenvalue weighted by Crippen LogP contribution is 2.36. The highest BCUT2D eigenvalue weighted by molar-refractivity contribution is 7.99. The summed E-state index contributed by atoms with van der Waals surface area (Å²) in [5.41, 5.74) is 1.09. The number of fused-ring (bicyclic) bond motifs is 1. The molecule has 0 spiro atoms. The smallest absolute Gasteiger partial charge is 0.278 e. The fourth-order valence-corrected chi connectivity index (χ4v) is 3.40. The lowest BCUT2D eigenvalue weighted by molar-refractivity contribution is 0.0686. The van der Waals surface area contributed by atoms with Crippen LogP contribution in [-0.2, 0) is 6.42 Å². The molecule has 2 atom stereocenters. The van der Waals surface area contributed by atoms with Crippen molar-refractivity contribution in [2.45, 2.75) is 23.0 Å². The Morgan fingerprint density at radius 3 is 2.65 bits per heavy atom. The molecule has 2 aromatic carbocycles. The van der Waals surface area contributed by atoms with Gasteiger partial charge in [0.05, 0.1) is 6.07 Å². The summed E-state index contributed by atoms with van der Waals surface area (Å²) in [6.07, 6.45) is 0.150. The van der Waals surface area contributed by atoms with Crippen molar-refractivity contribution in [2.75, 3.05) is 6.61 Å².